The minimum absolute atomic E-state index is 0.0293. The van der Waals surface area contributed by atoms with E-state index >= 15 is 0 Å². The highest BCUT2D eigenvalue weighted by atomic mass is 16.5. The highest BCUT2D eigenvalue weighted by Crippen LogP contribution is 2.32. The van der Waals surface area contributed by atoms with Gasteiger partial charge >= 0.3 is 0 Å². The van der Waals surface area contributed by atoms with E-state index in [1.807, 2.05) is 0 Å². The van der Waals surface area contributed by atoms with Crippen LogP contribution >= 0.6 is 0 Å². The van der Waals surface area contributed by atoms with Gasteiger partial charge in [-0.2, -0.15) is 0 Å². The summed E-state index contributed by atoms with van der Waals surface area (Å²) < 4.78 is 5.74. The van der Waals surface area contributed by atoms with E-state index in [0.29, 0.717) is 6.10 Å². The molecule has 0 bridgehead atoms. The average Bonchev–Trinajstić information content (AvgIpc) is 2.38. The van der Waals surface area contributed by atoms with Crippen molar-refractivity contribution in [2.75, 3.05) is 19.8 Å². The summed E-state index contributed by atoms with van der Waals surface area (Å²) in [7, 11) is 0. The van der Waals surface area contributed by atoms with Gasteiger partial charge in [-0.15, -0.1) is 0 Å². The summed E-state index contributed by atoms with van der Waals surface area (Å²) in [6, 6.07) is 0. The SMILES string of the molecule is CC1CCCC(CO)(NCC2CCCCO2)C1. The quantitative estimate of drug-likeness (QED) is 0.792. The third kappa shape index (κ3) is 3.67. The average molecular weight is 241 g/mol. The first kappa shape index (κ1) is 13.3. The molecule has 2 rings (SSSR count). The van der Waals surface area contributed by atoms with Gasteiger partial charge in [0.1, 0.15) is 0 Å². The van der Waals surface area contributed by atoms with E-state index in [9.17, 15) is 5.11 Å². The molecule has 17 heavy (non-hydrogen) atoms. The molecule has 3 heteroatoms. The molecule has 0 aromatic heterocycles. The molecule has 0 amide bonds. The molecule has 2 N–H and O–H groups in total. The van der Waals surface area contributed by atoms with Gasteiger partial charge in [-0.25, -0.2) is 0 Å². The number of rotatable bonds is 4. The van der Waals surface area contributed by atoms with E-state index in [4.69, 9.17) is 4.74 Å². The Morgan fingerprint density at radius 1 is 1.29 bits per heavy atom. The summed E-state index contributed by atoms with van der Waals surface area (Å²) in [5.74, 6) is 0.732. The second-order valence-corrected chi connectivity index (χ2v) is 6.01. The first-order valence-corrected chi connectivity index (χ1v) is 7.22. The van der Waals surface area contributed by atoms with Gasteiger partial charge in [0, 0.05) is 18.7 Å². The van der Waals surface area contributed by atoms with Crippen molar-refractivity contribution in [1.82, 2.24) is 5.32 Å². The fraction of sp³-hybridized carbons (Fsp3) is 1.00. The predicted octanol–water partition coefficient (Wildman–Crippen LogP) is 2.09. The zero-order valence-electron chi connectivity index (χ0n) is 11.1. The standard InChI is InChI=1S/C14H27NO2/c1-12-5-4-7-14(9-12,11-16)15-10-13-6-2-3-8-17-13/h12-13,15-16H,2-11H2,1H3. The van der Waals surface area contributed by atoms with Crippen LogP contribution < -0.4 is 5.32 Å². The van der Waals surface area contributed by atoms with Crippen LogP contribution in [0.5, 0.6) is 0 Å². The monoisotopic (exact) mass is 241 g/mol. The van der Waals surface area contributed by atoms with Crippen LogP contribution in [0.4, 0.5) is 0 Å². The number of ether oxygens (including phenoxy) is 1. The van der Waals surface area contributed by atoms with E-state index in [-0.39, 0.29) is 12.1 Å². The molecule has 0 spiro atoms. The number of nitrogens with one attached hydrogen (secondary N) is 1. The lowest BCUT2D eigenvalue weighted by Gasteiger charge is -2.40. The van der Waals surface area contributed by atoms with E-state index < -0.39 is 0 Å². The van der Waals surface area contributed by atoms with Crippen LogP contribution in [0.2, 0.25) is 0 Å². The molecular formula is C14H27NO2. The molecule has 0 aromatic carbocycles. The molecule has 3 unspecified atom stereocenters. The maximum Gasteiger partial charge on any atom is 0.0699 e. The van der Waals surface area contributed by atoms with Crippen molar-refractivity contribution in [1.29, 1.82) is 0 Å². The Morgan fingerprint density at radius 3 is 2.82 bits per heavy atom. The van der Waals surface area contributed by atoms with Gasteiger partial charge in [-0.3, -0.25) is 0 Å². The Morgan fingerprint density at radius 2 is 2.18 bits per heavy atom. The number of hydrogen-bond donors (Lipinski definition) is 2. The van der Waals surface area contributed by atoms with Crippen LogP contribution in [0.1, 0.15) is 51.9 Å². The van der Waals surface area contributed by atoms with E-state index in [1.165, 1.54) is 32.1 Å². The lowest BCUT2D eigenvalue weighted by Crippen LogP contribution is -2.54. The van der Waals surface area contributed by atoms with E-state index in [0.717, 1.165) is 31.9 Å². The smallest absolute Gasteiger partial charge is 0.0699 e. The molecule has 1 saturated carbocycles. The van der Waals surface area contributed by atoms with Crippen LogP contribution in [0.25, 0.3) is 0 Å². The maximum absolute atomic E-state index is 9.69. The fourth-order valence-corrected chi connectivity index (χ4v) is 3.32. The zero-order valence-corrected chi connectivity index (χ0v) is 11.1. The third-order valence-electron chi connectivity index (χ3n) is 4.37. The molecule has 0 aromatic rings. The third-order valence-corrected chi connectivity index (χ3v) is 4.37. The van der Waals surface area contributed by atoms with Crippen LogP contribution in [0, 0.1) is 5.92 Å². The summed E-state index contributed by atoms with van der Waals surface area (Å²) in [4.78, 5) is 0. The molecule has 1 saturated heterocycles. The summed E-state index contributed by atoms with van der Waals surface area (Å²) in [5.41, 5.74) is -0.0293. The van der Waals surface area contributed by atoms with Gasteiger partial charge in [0.2, 0.25) is 0 Å². The lowest BCUT2D eigenvalue weighted by molar-refractivity contribution is 0.00334. The second kappa shape index (κ2) is 6.17. The summed E-state index contributed by atoms with van der Waals surface area (Å²) in [6.07, 6.45) is 8.79. The predicted molar refractivity (Wildman–Crippen MR) is 69.0 cm³/mol. The van der Waals surface area contributed by atoms with Gasteiger partial charge in [0.05, 0.1) is 12.7 Å². The first-order chi connectivity index (χ1) is 8.24. The molecule has 0 radical (unpaired) electrons. The summed E-state index contributed by atoms with van der Waals surface area (Å²) in [6.45, 7) is 4.38. The number of aliphatic hydroxyl groups excluding tert-OH is 1. The molecule has 1 aliphatic carbocycles. The molecule has 1 heterocycles. The largest absolute Gasteiger partial charge is 0.394 e. The van der Waals surface area contributed by atoms with Crippen LogP contribution in [-0.4, -0.2) is 36.5 Å². The molecule has 2 fully saturated rings. The summed E-state index contributed by atoms with van der Waals surface area (Å²) in [5, 5.41) is 13.3. The second-order valence-electron chi connectivity index (χ2n) is 6.01. The molecule has 3 nitrogen and oxygen atoms in total. The Balaban J connectivity index is 1.81. The van der Waals surface area contributed by atoms with Crippen LogP contribution in [0.15, 0.2) is 0 Å². The maximum atomic E-state index is 9.69. The zero-order chi connectivity index (χ0) is 12.1. The van der Waals surface area contributed by atoms with Gasteiger partial charge in [0.25, 0.3) is 0 Å². The van der Waals surface area contributed by atoms with Crippen molar-refractivity contribution in [3.8, 4) is 0 Å². The molecule has 1 aliphatic heterocycles. The minimum atomic E-state index is -0.0293. The molecule has 3 atom stereocenters. The normalized spacial score (nSPS) is 39.2. The Hall–Kier alpha value is -0.120. The molecule has 2 aliphatic rings. The Bertz CT molecular complexity index is 228. The topological polar surface area (TPSA) is 41.5 Å². The van der Waals surface area contributed by atoms with E-state index in [1.54, 1.807) is 0 Å². The van der Waals surface area contributed by atoms with Gasteiger partial charge in [-0.05, 0) is 38.0 Å². The number of hydrogen-bond acceptors (Lipinski definition) is 3. The number of aliphatic hydroxyl groups is 1. The fourth-order valence-electron chi connectivity index (χ4n) is 3.32. The van der Waals surface area contributed by atoms with Crippen LogP contribution in [0.3, 0.4) is 0 Å². The minimum Gasteiger partial charge on any atom is -0.394 e. The summed E-state index contributed by atoms with van der Waals surface area (Å²) >= 11 is 0. The van der Waals surface area contributed by atoms with Crippen molar-refractivity contribution in [3.63, 3.8) is 0 Å². The first-order valence-electron chi connectivity index (χ1n) is 7.22. The van der Waals surface area contributed by atoms with Crippen molar-refractivity contribution >= 4 is 0 Å². The highest BCUT2D eigenvalue weighted by Gasteiger charge is 2.34. The van der Waals surface area contributed by atoms with Crippen molar-refractivity contribution < 1.29 is 9.84 Å². The Kier molecular flexibility index (Phi) is 4.83. The van der Waals surface area contributed by atoms with Gasteiger partial charge in [0.15, 0.2) is 0 Å². The van der Waals surface area contributed by atoms with Crippen molar-refractivity contribution in [2.24, 2.45) is 5.92 Å². The van der Waals surface area contributed by atoms with E-state index in [2.05, 4.69) is 12.2 Å². The van der Waals surface area contributed by atoms with Crippen molar-refractivity contribution in [3.05, 3.63) is 0 Å². The van der Waals surface area contributed by atoms with Crippen LogP contribution in [-0.2, 0) is 4.74 Å². The van der Waals surface area contributed by atoms with Gasteiger partial charge in [-0.1, -0.05) is 19.8 Å². The molecular weight excluding hydrogens is 214 g/mol. The van der Waals surface area contributed by atoms with Gasteiger partial charge < -0.3 is 15.2 Å². The lowest BCUT2D eigenvalue weighted by atomic mass is 9.76. The Labute approximate surface area is 105 Å². The van der Waals surface area contributed by atoms with Crippen molar-refractivity contribution in [2.45, 2.75) is 63.5 Å². The highest BCUT2D eigenvalue weighted by molar-refractivity contribution is 4.93. The molecule has 100 valence electrons.